The van der Waals surface area contributed by atoms with Crippen molar-refractivity contribution in [1.29, 1.82) is 0 Å². The molecule has 0 aliphatic rings. The summed E-state index contributed by atoms with van der Waals surface area (Å²) in [7, 11) is 0. The molecule has 0 aliphatic carbocycles. The maximum absolute atomic E-state index is 12.3. The number of aromatic nitrogens is 5. The van der Waals surface area contributed by atoms with E-state index in [-0.39, 0.29) is 17.5 Å². The predicted octanol–water partition coefficient (Wildman–Crippen LogP) is 3.86. The molecule has 1 N–H and O–H groups in total. The summed E-state index contributed by atoms with van der Waals surface area (Å²) in [6.45, 7) is 3.06. The Hall–Kier alpha value is -1.90. The van der Waals surface area contributed by atoms with Crippen molar-refractivity contribution in [3.8, 4) is 0 Å². The monoisotopic (exact) mass is 442 g/mol. The second-order valence-corrected chi connectivity index (χ2v) is 6.82. The third-order valence-corrected chi connectivity index (χ3v) is 4.67. The summed E-state index contributed by atoms with van der Waals surface area (Å²) in [5.41, 5.74) is 1.20. The highest BCUT2D eigenvalue weighted by Gasteiger charge is 2.16. The first-order chi connectivity index (χ1) is 12.0. The average molecular weight is 444 g/mol. The topological polar surface area (TPSA) is 77.6 Å². The van der Waals surface area contributed by atoms with Crippen LogP contribution in [0.3, 0.4) is 0 Å². The largest absolute Gasteiger partial charge is 0.288 e. The second kappa shape index (κ2) is 7.55. The highest BCUT2D eigenvalue weighted by atomic mass is 79.9. The van der Waals surface area contributed by atoms with Crippen LogP contribution in [0, 0.1) is 0 Å². The van der Waals surface area contributed by atoms with Crippen LogP contribution in [0.1, 0.15) is 23.0 Å². The molecule has 0 saturated heterocycles. The second-order valence-electron chi connectivity index (χ2n) is 5.15. The van der Waals surface area contributed by atoms with Crippen molar-refractivity contribution in [2.45, 2.75) is 20.0 Å². The zero-order valence-corrected chi connectivity index (χ0v) is 16.2. The lowest BCUT2D eigenvalue weighted by Gasteiger charge is -2.03. The van der Waals surface area contributed by atoms with Crippen LogP contribution >= 0.6 is 39.1 Å². The summed E-state index contributed by atoms with van der Waals surface area (Å²) in [6.07, 6.45) is 3.27. The van der Waals surface area contributed by atoms with Crippen LogP contribution < -0.4 is 5.32 Å². The minimum atomic E-state index is -0.383. The molecule has 1 amide bonds. The lowest BCUT2D eigenvalue weighted by atomic mass is 10.2. The van der Waals surface area contributed by atoms with Gasteiger partial charge >= 0.3 is 0 Å². The lowest BCUT2D eigenvalue weighted by Crippen LogP contribution is -2.15. The normalized spacial score (nSPS) is 10.9. The Morgan fingerprint density at radius 2 is 2.04 bits per heavy atom. The number of aryl methyl sites for hydroxylation is 1. The first kappa shape index (κ1) is 17.9. The zero-order chi connectivity index (χ0) is 18.0. The van der Waals surface area contributed by atoms with E-state index in [2.05, 4.69) is 36.4 Å². The van der Waals surface area contributed by atoms with E-state index >= 15 is 0 Å². The molecule has 2 heterocycles. The van der Waals surface area contributed by atoms with Gasteiger partial charge in [-0.2, -0.15) is 5.10 Å². The first-order valence-corrected chi connectivity index (χ1v) is 8.89. The molecule has 0 bridgehead atoms. The standard InChI is InChI=1S/C15H13BrCl2N6O/c1-2-23-7-10(16)13(21-23)14(25)20-15-19-8-24(22-15)6-9-3-4-11(17)12(18)5-9/h3-5,7-8H,2,6H2,1H3,(H,20,22,25). The zero-order valence-electron chi connectivity index (χ0n) is 13.1. The number of halogens is 3. The van der Waals surface area contributed by atoms with Crippen molar-refractivity contribution < 1.29 is 4.79 Å². The fourth-order valence-electron chi connectivity index (χ4n) is 2.13. The van der Waals surface area contributed by atoms with Gasteiger partial charge in [0.1, 0.15) is 6.33 Å². The minimum Gasteiger partial charge on any atom is -0.288 e. The molecule has 130 valence electrons. The molecule has 0 saturated carbocycles. The van der Waals surface area contributed by atoms with Crippen LogP contribution in [-0.4, -0.2) is 30.5 Å². The van der Waals surface area contributed by atoms with Gasteiger partial charge in [0.05, 0.1) is 21.1 Å². The van der Waals surface area contributed by atoms with Crippen LogP contribution in [0.5, 0.6) is 0 Å². The SMILES string of the molecule is CCn1cc(Br)c(C(=O)Nc2ncn(Cc3ccc(Cl)c(Cl)c3)n2)n1. The van der Waals surface area contributed by atoms with E-state index in [9.17, 15) is 4.79 Å². The molecule has 0 aliphatic heterocycles. The number of benzene rings is 1. The molecule has 0 unspecified atom stereocenters. The van der Waals surface area contributed by atoms with E-state index in [1.807, 2.05) is 13.0 Å². The Morgan fingerprint density at radius 3 is 2.72 bits per heavy atom. The number of hydrogen-bond acceptors (Lipinski definition) is 4. The van der Waals surface area contributed by atoms with Gasteiger partial charge in [0.2, 0.25) is 5.95 Å². The summed E-state index contributed by atoms with van der Waals surface area (Å²) in [5, 5.41) is 12.0. The van der Waals surface area contributed by atoms with Gasteiger partial charge in [0.15, 0.2) is 5.69 Å². The van der Waals surface area contributed by atoms with Gasteiger partial charge < -0.3 is 0 Å². The number of nitrogens with one attached hydrogen (secondary N) is 1. The van der Waals surface area contributed by atoms with Gasteiger partial charge in [-0.1, -0.05) is 29.3 Å². The third kappa shape index (κ3) is 4.20. The highest BCUT2D eigenvalue weighted by Crippen LogP contribution is 2.23. The van der Waals surface area contributed by atoms with Crippen LogP contribution in [-0.2, 0) is 13.1 Å². The molecule has 2 aromatic heterocycles. The molecule has 0 fully saturated rings. The van der Waals surface area contributed by atoms with Crippen molar-refractivity contribution in [3.05, 3.63) is 56.5 Å². The van der Waals surface area contributed by atoms with Crippen molar-refractivity contribution >= 4 is 51.0 Å². The molecule has 3 rings (SSSR count). The molecule has 10 heteroatoms. The van der Waals surface area contributed by atoms with Gasteiger partial charge in [0.25, 0.3) is 5.91 Å². The van der Waals surface area contributed by atoms with E-state index in [0.29, 0.717) is 27.6 Å². The summed E-state index contributed by atoms with van der Waals surface area (Å²) in [5.74, 6) is -0.186. The van der Waals surface area contributed by atoms with Crippen LogP contribution in [0.15, 0.2) is 35.2 Å². The molecule has 0 radical (unpaired) electrons. The van der Waals surface area contributed by atoms with Gasteiger partial charge in [0, 0.05) is 12.7 Å². The van der Waals surface area contributed by atoms with Crippen molar-refractivity contribution in [3.63, 3.8) is 0 Å². The molecule has 1 aromatic carbocycles. The molecule has 0 atom stereocenters. The Morgan fingerprint density at radius 1 is 1.24 bits per heavy atom. The van der Waals surface area contributed by atoms with Crippen LogP contribution in [0.2, 0.25) is 10.0 Å². The minimum absolute atomic E-state index is 0.197. The number of carbonyl (C=O) groups is 1. The predicted molar refractivity (Wildman–Crippen MR) is 99.1 cm³/mol. The Balaban J connectivity index is 1.69. The molecular formula is C15H13BrCl2N6O. The number of anilines is 1. The van der Waals surface area contributed by atoms with Gasteiger partial charge in [-0.15, -0.1) is 5.10 Å². The number of hydrogen-bond donors (Lipinski definition) is 1. The van der Waals surface area contributed by atoms with Gasteiger partial charge in [-0.05, 0) is 40.5 Å². The molecule has 7 nitrogen and oxygen atoms in total. The lowest BCUT2D eigenvalue weighted by molar-refractivity contribution is 0.102. The first-order valence-electron chi connectivity index (χ1n) is 7.34. The van der Waals surface area contributed by atoms with E-state index in [1.165, 1.54) is 6.33 Å². The summed E-state index contributed by atoms with van der Waals surface area (Å²) < 4.78 is 3.87. The number of carbonyl (C=O) groups excluding carboxylic acids is 1. The van der Waals surface area contributed by atoms with Crippen molar-refractivity contribution in [2.75, 3.05) is 5.32 Å². The van der Waals surface area contributed by atoms with E-state index in [0.717, 1.165) is 5.56 Å². The maximum atomic E-state index is 12.3. The van der Waals surface area contributed by atoms with Crippen LogP contribution in [0.4, 0.5) is 5.95 Å². The fourth-order valence-corrected chi connectivity index (χ4v) is 2.94. The highest BCUT2D eigenvalue weighted by molar-refractivity contribution is 9.10. The smallest absolute Gasteiger partial charge is 0.279 e. The number of rotatable bonds is 5. The van der Waals surface area contributed by atoms with Crippen LogP contribution in [0.25, 0.3) is 0 Å². The maximum Gasteiger partial charge on any atom is 0.279 e. The molecular weight excluding hydrogens is 431 g/mol. The third-order valence-electron chi connectivity index (χ3n) is 3.35. The number of nitrogens with zero attached hydrogens (tertiary/aromatic N) is 5. The van der Waals surface area contributed by atoms with Gasteiger partial charge in [-0.25, -0.2) is 9.67 Å². The van der Waals surface area contributed by atoms with E-state index in [1.54, 1.807) is 27.7 Å². The molecule has 25 heavy (non-hydrogen) atoms. The van der Waals surface area contributed by atoms with E-state index in [4.69, 9.17) is 23.2 Å². The summed E-state index contributed by atoms with van der Waals surface area (Å²) in [6, 6.07) is 5.33. The summed E-state index contributed by atoms with van der Waals surface area (Å²) in [4.78, 5) is 16.4. The Labute approximate surface area is 162 Å². The van der Waals surface area contributed by atoms with Crippen molar-refractivity contribution in [1.82, 2.24) is 24.5 Å². The Bertz CT molecular complexity index is 923. The van der Waals surface area contributed by atoms with Crippen molar-refractivity contribution in [2.24, 2.45) is 0 Å². The quantitative estimate of drug-likeness (QED) is 0.649. The average Bonchev–Trinajstić information content (AvgIpc) is 3.17. The molecule has 0 spiro atoms. The summed E-state index contributed by atoms with van der Waals surface area (Å²) >= 11 is 15.2. The molecule has 3 aromatic rings. The number of amides is 1. The van der Waals surface area contributed by atoms with Gasteiger partial charge in [-0.3, -0.25) is 14.8 Å². The fraction of sp³-hybridized carbons (Fsp3) is 0.200. The van der Waals surface area contributed by atoms with E-state index < -0.39 is 0 Å². The Kier molecular flexibility index (Phi) is 5.41.